The molecule has 2 nitrogen and oxygen atoms in total. The normalized spacial score (nSPS) is 19.7. The summed E-state index contributed by atoms with van der Waals surface area (Å²) in [6, 6.07) is 6.09. The van der Waals surface area contributed by atoms with E-state index in [0.717, 1.165) is 43.6 Å². The number of hydrogen-bond acceptors (Lipinski definition) is 2. The first-order chi connectivity index (χ1) is 7.31. The summed E-state index contributed by atoms with van der Waals surface area (Å²) < 4.78 is 5.56. The molecule has 0 aliphatic heterocycles. The molecule has 0 bridgehead atoms. The van der Waals surface area contributed by atoms with Crippen molar-refractivity contribution in [1.29, 1.82) is 0 Å². The summed E-state index contributed by atoms with van der Waals surface area (Å²) in [4.78, 5) is 0. The van der Waals surface area contributed by atoms with Crippen LogP contribution in [0, 0.1) is 0 Å². The first-order valence-corrected chi connectivity index (χ1v) is 5.75. The van der Waals surface area contributed by atoms with E-state index in [1.807, 2.05) is 12.1 Å². The van der Waals surface area contributed by atoms with Crippen LogP contribution in [0.4, 0.5) is 0 Å². The van der Waals surface area contributed by atoms with Crippen molar-refractivity contribution in [2.24, 2.45) is 0 Å². The molecule has 0 radical (unpaired) electrons. The van der Waals surface area contributed by atoms with Gasteiger partial charge >= 0.3 is 0 Å². The van der Waals surface area contributed by atoms with Gasteiger partial charge in [-0.2, -0.15) is 0 Å². The zero-order valence-corrected chi connectivity index (χ0v) is 9.20. The van der Waals surface area contributed by atoms with Gasteiger partial charge in [-0.05, 0) is 48.9 Å². The Bertz CT molecular complexity index is 333. The predicted octanol–water partition coefficient (Wildman–Crippen LogP) is 2.85. The second-order valence-corrected chi connectivity index (χ2v) is 4.12. The van der Waals surface area contributed by atoms with E-state index in [0.29, 0.717) is 0 Å². The van der Waals surface area contributed by atoms with Gasteiger partial charge in [0.05, 0.1) is 12.7 Å². The fraction of sp³-hybridized carbons (Fsp3) is 0.538. The maximum absolute atomic E-state index is 9.86. The van der Waals surface area contributed by atoms with E-state index >= 15 is 0 Å². The third-order valence-corrected chi connectivity index (χ3v) is 2.87. The van der Waals surface area contributed by atoms with Crippen LogP contribution >= 0.6 is 0 Å². The summed E-state index contributed by atoms with van der Waals surface area (Å²) in [6.45, 7) is 2.84. The molecule has 2 rings (SSSR count). The van der Waals surface area contributed by atoms with E-state index in [9.17, 15) is 5.11 Å². The summed E-state index contributed by atoms with van der Waals surface area (Å²) in [7, 11) is 0. The Morgan fingerprint density at radius 1 is 1.47 bits per heavy atom. The van der Waals surface area contributed by atoms with Crippen LogP contribution < -0.4 is 4.74 Å². The number of rotatable bonds is 3. The van der Waals surface area contributed by atoms with Crippen LogP contribution in [0.5, 0.6) is 5.75 Å². The molecule has 1 aliphatic carbocycles. The highest BCUT2D eigenvalue weighted by Crippen LogP contribution is 2.32. The Balaban J connectivity index is 2.19. The molecule has 0 aromatic heterocycles. The van der Waals surface area contributed by atoms with Crippen molar-refractivity contribution in [1.82, 2.24) is 0 Å². The minimum atomic E-state index is -0.293. The van der Waals surface area contributed by atoms with Gasteiger partial charge in [-0.15, -0.1) is 0 Å². The second-order valence-electron chi connectivity index (χ2n) is 4.12. The van der Waals surface area contributed by atoms with Gasteiger partial charge in [-0.25, -0.2) is 0 Å². The van der Waals surface area contributed by atoms with Gasteiger partial charge in [0.2, 0.25) is 0 Å². The molecule has 2 heteroatoms. The van der Waals surface area contributed by atoms with E-state index in [1.54, 1.807) is 0 Å². The van der Waals surface area contributed by atoms with Crippen molar-refractivity contribution in [2.75, 3.05) is 6.61 Å². The Morgan fingerprint density at radius 2 is 2.33 bits per heavy atom. The summed E-state index contributed by atoms with van der Waals surface area (Å²) in [5.74, 6) is 0.886. The molecule has 1 aliphatic rings. The van der Waals surface area contributed by atoms with Crippen LogP contribution in [0.15, 0.2) is 18.2 Å². The van der Waals surface area contributed by atoms with Gasteiger partial charge in [-0.1, -0.05) is 13.0 Å². The number of ether oxygens (including phenoxy) is 1. The van der Waals surface area contributed by atoms with Crippen LogP contribution in [-0.4, -0.2) is 11.7 Å². The van der Waals surface area contributed by atoms with Crippen LogP contribution in [0.25, 0.3) is 0 Å². The quantitative estimate of drug-likeness (QED) is 0.824. The van der Waals surface area contributed by atoms with Crippen LogP contribution in [0.1, 0.15) is 43.4 Å². The molecule has 1 aromatic rings. The molecule has 0 spiro atoms. The standard InChI is InChI=1S/C13H18O2/c1-2-8-15-11-7-6-10-4-3-5-13(14)12(10)9-11/h6-7,9,13-14H,2-5,8H2,1H3/t13-/m1/s1. The van der Waals surface area contributed by atoms with Crippen molar-refractivity contribution in [3.8, 4) is 5.75 Å². The summed E-state index contributed by atoms with van der Waals surface area (Å²) in [5.41, 5.74) is 2.34. The zero-order chi connectivity index (χ0) is 10.7. The molecule has 82 valence electrons. The molecule has 0 heterocycles. The van der Waals surface area contributed by atoms with Crippen molar-refractivity contribution < 1.29 is 9.84 Å². The Morgan fingerprint density at radius 3 is 3.13 bits per heavy atom. The number of aryl methyl sites for hydroxylation is 1. The van der Waals surface area contributed by atoms with Crippen molar-refractivity contribution >= 4 is 0 Å². The van der Waals surface area contributed by atoms with Crippen LogP contribution in [0.3, 0.4) is 0 Å². The molecular formula is C13H18O2. The van der Waals surface area contributed by atoms with Crippen LogP contribution in [-0.2, 0) is 6.42 Å². The maximum Gasteiger partial charge on any atom is 0.119 e. The molecule has 0 amide bonds. The minimum Gasteiger partial charge on any atom is -0.494 e. The van der Waals surface area contributed by atoms with Gasteiger partial charge in [-0.3, -0.25) is 0 Å². The molecular weight excluding hydrogens is 188 g/mol. The second kappa shape index (κ2) is 4.67. The zero-order valence-electron chi connectivity index (χ0n) is 9.20. The number of hydrogen-bond donors (Lipinski definition) is 1. The molecule has 0 fully saturated rings. The largest absolute Gasteiger partial charge is 0.494 e. The van der Waals surface area contributed by atoms with E-state index in [-0.39, 0.29) is 6.10 Å². The van der Waals surface area contributed by atoms with Crippen molar-refractivity contribution in [2.45, 2.75) is 38.7 Å². The molecule has 1 aromatic carbocycles. The van der Waals surface area contributed by atoms with Gasteiger partial charge in [0.1, 0.15) is 5.75 Å². The van der Waals surface area contributed by atoms with E-state index in [2.05, 4.69) is 13.0 Å². The lowest BCUT2D eigenvalue weighted by Gasteiger charge is -2.21. The van der Waals surface area contributed by atoms with Gasteiger partial charge < -0.3 is 9.84 Å². The van der Waals surface area contributed by atoms with E-state index in [1.165, 1.54) is 5.56 Å². The first kappa shape index (κ1) is 10.5. The molecule has 1 N–H and O–H groups in total. The molecule has 0 unspecified atom stereocenters. The number of aliphatic hydroxyl groups is 1. The lowest BCUT2D eigenvalue weighted by Crippen LogP contribution is -2.09. The highest BCUT2D eigenvalue weighted by atomic mass is 16.5. The summed E-state index contributed by atoms with van der Waals surface area (Å²) in [6.07, 6.45) is 3.77. The molecule has 0 saturated heterocycles. The average molecular weight is 206 g/mol. The number of aliphatic hydroxyl groups excluding tert-OH is 1. The van der Waals surface area contributed by atoms with E-state index < -0.39 is 0 Å². The van der Waals surface area contributed by atoms with Gasteiger partial charge in [0, 0.05) is 0 Å². The molecule has 15 heavy (non-hydrogen) atoms. The van der Waals surface area contributed by atoms with Gasteiger partial charge in [0.15, 0.2) is 0 Å². The minimum absolute atomic E-state index is 0.293. The van der Waals surface area contributed by atoms with Gasteiger partial charge in [0.25, 0.3) is 0 Å². The average Bonchev–Trinajstić information content (AvgIpc) is 2.27. The smallest absolute Gasteiger partial charge is 0.119 e. The Kier molecular flexibility index (Phi) is 3.27. The van der Waals surface area contributed by atoms with Crippen molar-refractivity contribution in [3.63, 3.8) is 0 Å². The molecule has 1 atom stereocenters. The third-order valence-electron chi connectivity index (χ3n) is 2.87. The monoisotopic (exact) mass is 206 g/mol. The summed E-state index contributed by atoms with van der Waals surface area (Å²) >= 11 is 0. The van der Waals surface area contributed by atoms with Crippen LogP contribution in [0.2, 0.25) is 0 Å². The third kappa shape index (κ3) is 2.32. The number of fused-ring (bicyclic) bond motifs is 1. The Labute approximate surface area is 90.9 Å². The fourth-order valence-electron chi connectivity index (χ4n) is 2.06. The Hall–Kier alpha value is -1.02. The molecule has 0 saturated carbocycles. The lowest BCUT2D eigenvalue weighted by atomic mass is 9.89. The maximum atomic E-state index is 9.86. The summed E-state index contributed by atoms with van der Waals surface area (Å²) in [5, 5.41) is 9.86. The highest BCUT2D eigenvalue weighted by molar-refractivity contribution is 5.38. The van der Waals surface area contributed by atoms with E-state index in [4.69, 9.17) is 4.74 Å². The highest BCUT2D eigenvalue weighted by Gasteiger charge is 2.18. The predicted molar refractivity (Wildman–Crippen MR) is 60.1 cm³/mol. The first-order valence-electron chi connectivity index (χ1n) is 5.75. The fourth-order valence-corrected chi connectivity index (χ4v) is 2.06. The SMILES string of the molecule is CCCOc1ccc2c(c1)[C@H](O)CCC2. The van der Waals surface area contributed by atoms with Crippen molar-refractivity contribution in [3.05, 3.63) is 29.3 Å². The topological polar surface area (TPSA) is 29.5 Å². The number of benzene rings is 1. The lowest BCUT2D eigenvalue weighted by molar-refractivity contribution is 0.156.